The molecule has 0 aliphatic rings. The predicted octanol–water partition coefficient (Wildman–Crippen LogP) is 2.71. The van der Waals surface area contributed by atoms with Crippen LogP contribution >= 0.6 is 0 Å². The van der Waals surface area contributed by atoms with Gasteiger partial charge in [-0.25, -0.2) is 14.3 Å². The van der Waals surface area contributed by atoms with E-state index in [0.717, 1.165) is 0 Å². The van der Waals surface area contributed by atoms with E-state index in [9.17, 15) is 4.79 Å². The monoisotopic (exact) mass is 370 g/mol. The van der Waals surface area contributed by atoms with Crippen LogP contribution in [0.1, 0.15) is 36.5 Å². The molecule has 0 radical (unpaired) electrons. The lowest BCUT2D eigenvalue weighted by molar-refractivity contribution is 0.0499. The molecule has 0 aliphatic heterocycles. The Labute approximate surface area is 157 Å². The zero-order valence-corrected chi connectivity index (χ0v) is 15.6. The third-order valence-electron chi connectivity index (χ3n) is 3.70. The summed E-state index contributed by atoms with van der Waals surface area (Å²) in [5.74, 6) is 1.91. The number of benzene rings is 1. The molecule has 2 aromatic heterocycles. The van der Waals surface area contributed by atoms with Crippen molar-refractivity contribution in [3.8, 4) is 11.5 Å². The number of hydrogen-bond donors (Lipinski definition) is 0. The highest BCUT2D eigenvalue weighted by atomic mass is 16.5. The summed E-state index contributed by atoms with van der Waals surface area (Å²) in [6.45, 7) is 4.12. The molecule has 0 spiro atoms. The van der Waals surface area contributed by atoms with Crippen molar-refractivity contribution in [2.24, 2.45) is 0 Å². The van der Waals surface area contributed by atoms with Crippen molar-refractivity contribution in [2.45, 2.75) is 32.8 Å². The summed E-state index contributed by atoms with van der Waals surface area (Å²) in [4.78, 5) is 20.7. The minimum absolute atomic E-state index is 0.0140. The van der Waals surface area contributed by atoms with Crippen LogP contribution in [-0.2, 0) is 11.2 Å². The van der Waals surface area contributed by atoms with Gasteiger partial charge in [0, 0.05) is 18.8 Å². The highest BCUT2D eigenvalue weighted by Gasteiger charge is 2.13. The van der Waals surface area contributed by atoms with Crippen molar-refractivity contribution in [1.82, 2.24) is 19.6 Å². The number of aryl methyl sites for hydroxylation is 1. The molecular formula is C19H22N4O4. The van der Waals surface area contributed by atoms with E-state index in [1.807, 2.05) is 13.8 Å². The number of fused-ring (bicyclic) bond motifs is 1. The molecule has 0 amide bonds. The number of hydrogen-bond acceptors (Lipinski definition) is 7. The minimum Gasteiger partial charge on any atom is -0.493 e. The van der Waals surface area contributed by atoms with Crippen LogP contribution in [-0.4, -0.2) is 45.4 Å². The number of carbonyl (C=O) groups excluding carboxylic acids is 1. The molecule has 0 aliphatic carbocycles. The Kier molecular flexibility index (Phi) is 5.85. The number of methoxy groups -OCH3 is 1. The maximum atomic E-state index is 12.2. The topological polar surface area (TPSA) is 87.8 Å². The molecule has 142 valence electrons. The average molecular weight is 370 g/mol. The molecule has 8 heteroatoms. The molecule has 8 nitrogen and oxygen atoms in total. The number of nitrogens with zero attached hydrogens (tertiary/aromatic N) is 4. The lowest BCUT2D eigenvalue weighted by atomic mass is 10.2. The first-order valence-corrected chi connectivity index (χ1v) is 8.75. The van der Waals surface area contributed by atoms with E-state index >= 15 is 0 Å². The molecule has 0 fully saturated rings. The smallest absolute Gasteiger partial charge is 0.338 e. The fourth-order valence-corrected chi connectivity index (χ4v) is 2.51. The first kappa shape index (κ1) is 18.6. The van der Waals surface area contributed by atoms with Crippen LogP contribution < -0.4 is 9.47 Å². The largest absolute Gasteiger partial charge is 0.493 e. The van der Waals surface area contributed by atoms with Gasteiger partial charge >= 0.3 is 5.97 Å². The molecule has 0 bridgehead atoms. The van der Waals surface area contributed by atoms with E-state index < -0.39 is 5.97 Å². The summed E-state index contributed by atoms with van der Waals surface area (Å²) in [5.41, 5.74) is 0.415. The Morgan fingerprint density at radius 3 is 2.85 bits per heavy atom. The maximum absolute atomic E-state index is 12.2. The molecule has 0 saturated heterocycles. The van der Waals surface area contributed by atoms with Gasteiger partial charge in [0.25, 0.3) is 5.78 Å². The highest BCUT2D eigenvalue weighted by Crippen LogP contribution is 2.29. The third kappa shape index (κ3) is 4.72. The van der Waals surface area contributed by atoms with Crippen LogP contribution in [0.5, 0.6) is 11.5 Å². The summed E-state index contributed by atoms with van der Waals surface area (Å²) >= 11 is 0. The Balaban J connectivity index is 1.52. The van der Waals surface area contributed by atoms with Crippen LogP contribution in [0.15, 0.2) is 36.7 Å². The molecule has 0 unspecified atom stereocenters. The predicted molar refractivity (Wildman–Crippen MR) is 98.1 cm³/mol. The van der Waals surface area contributed by atoms with Crippen molar-refractivity contribution < 1.29 is 19.0 Å². The van der Waals surface area contributed by atoms with E-state index in [4.69, 9.17) is 14.2 Å². The Morgan fingerprint density at radius 2 is 2.11 bits per heavy atom. The molecule has 1 aromatic carbocycles. The molecule has 3 rings (SSSR count). The maximum Gasteiger partial charge on any atom is 0.338 e. The second-order valence-corrected chi connectivity index (χ2v) is 6.16. The lowest BCUT2D eigenvalue weighted by Gasteiger charge is -2.14. The quantitative estimate of drug-likeness (QED) is 0.445. The summed E-state index contributed by atoms with van der Waals surface area (Å²) in [6.07, 6.45) is 4.69. The van der Waals surface area contributed by atoms with Gasteiger partial charge in [0.05, 0.1) is 25.4 Å². The van der Waals surface area contributed by atoms with Crippen LogP contribution in [0.25, 0.3) is 5.78 Å². The van der Waals surface area contributed by atoms with Gasteiger partial charge in [0.15, 0.2) is 17.3 Å². The zero-order chi connectivity index (χ0) is 19.2. The molecular weight excluding hydrogens is 348 g/mol. The number of rotatable bonds is 8. The van der Waals surface area contributed by atoms with E-state index in [1.165, 1.54) is 7.11 Å². The number of carbonyl (C=O) groups is 1. The van der Waals surface area contributed by atoms with Gasteiger partial charge in [0.2, 0.25) is 0 Å². The van der Waals surface area contributed by atoms with E-state index in [-0.39, 0.29) is 12.7 Å². The van der Waals surface area contributed by atoms with Gasteiger partial charge in [-0.2, -0.15) is 4.98 Å². The molecule has 27 heavy (non-hydrogen) atoms. The van der Waals surface area contributed by atoms with Gasteiger partial charge < -0.3 is 14.2 Å². The van der Waals surface area contributed by atoms with E-state index in [1.54, 1.807) is 41.2 Å². The molecule has 3 aromatic rings. The lowest BCUT2D eigenvalue weighted by Crippen LogP contribution is -2.10. The highest BCUT2D eigenvalue weighted by molar-refractivity contribution is 5.90. The molecule has 0 atom stereocenters. The van der Waals surface area contributed by atoms with Gasteiger partial charge in [-0.3, -0.25) is 0 Å². The average Bonchev–Trinajstić information content (AvgIpc) is 3.07. The fourth-order valence-electron chi connectivity index (χ4n) is 2.51. The minimum atomic E-state index is -0.408. The molecule has 2 heterocycles. The van der Waals surface area contributed by atoms with Gasteiger partial charge in [-0.15, -0.1) is 5.10 Å². The normalized spacial score (nSPS) is 11.0. The van der Waals surface area contributed by atoms with E-state index in [0.29, 0.717) is 41.5 Å². The second kappa shape index (κ2) is 8.48. The van der Waals surface area contributed by atoms with Crippen LogP contribution in [0.4, 0.5) is 0 Å². The Morgan fingerprint density at radius 1 is 1.26 bits per heavy atom. The zero-order valence-electron chi connectivity index (χ0n) is 15.6. The van der Waals surface area contributed by atoms with Crippen molar-refractivity contribution in [3.05, 3.63) is 48.0 Å². The Hall–Kier alpha value is -3.16. The Bertz CT molecular complexity index is 890. The molecule has 0 saturated carbocycles. The SMILES string of the molecule is COc1cc(C(=O)OCCCc2nc3ncccn3n2)ccc1OC(C)C. The number of esters is 1. The summed E-state index contributed by atoms with van der Waals surface area (Å²) in [5, 5.41) is 4.32. The summed E-state index contributed by atoms with van der Waals surface area (Å²) in [6, 6.07) is 6.79. The summed E-state index contributed by atoms with van der Waals surface area (Å²) in [7, 11) is 1.54. The first-order chi connectivity index (χ1) is 13.1. The van der Waals surface area contributed by atoms with Gasteiger partial charge in [-0.05, 0) is 44.5 Å². The number of aromatic nitrogens is 4. The standard InChI is InChI=1S/C19H22N4O4/c1-13(2)27-15-8-7-14(12-16(15)25-3)18(24)26-11-4-6-17-21-19-20-9-5-10-23(19)22-17/h5,7-10,12-13H,4,6,11H2,1-3H3. The fraction of sp³-hybridized carbons (Fsp3) is 0.368. The van der Waals surface area contributed by atoms with E-state index in [2.05, 4.69) is 15.1 Å². The van der Waals surface area contributed by atoms with Crippen LogP contribution in [0.3, 0.4) is 0 Å². The summed E-state index contributed by atoms with van der Waals surface area (Å²) < 4.78 is 17.9. The first-order valence-electron chi connectivity index (χ1n) is 8.75. The van der Waals surface area contributed by atoms with Crippen molar-refractivity contribution >= 4 is 11.7 Å². The van der Waals surface area contributed by atoms with Crippen molar-refractivity contribution in [2.75, 3.05) is 13.7 Å². The number of ether oxygens (including phenoxy) is 3. The van der Waals surface area contributed by atoms with Crippen LogP contribution in [0, 0.1) is 0 Å². The van der Waals surface area contributed by atoms with Crippen molar-refractivity contribution in [1.29, 1.82) is 0 Å². The van der Waals surface area contributed by atoms with Gasteiger partial charge in [0.1, 0.15) is 0 Å². The van der Waals surface area contributed by atoms with Crippen molar-refractivity contribution in [3.63, 3.8) is 0 Å². The molecule has 0 N–H and O–H groups in total. The van der Waals surface area contributed by atoms with Gasteiger partial charge in [-0.1, -0.05) is 0 Å². The third-order valence-corrected chi connectivity index (χ3v) is 3.70. The van der Waals surface area contributed by atoms with Crippen LogP contribution in [0.2, 0.25) is 0 Å². The second-order valence-electron chi connectivity index (χ2n) is 6.16.